The molecule has 0 fully saturated rings. The van der Waals surface area contributed by atoms with Gasteiger partial charge in [-0.2, -0.15) is 10.1 Å². The van der Waals surface area contributed by atoms with E-state index >= 15 is 0 Å². The van der Waals surface area contributed by atoms with Crippen LogP contribution in [0.5, 0.6) is 0 Å². The van der Waals surface area contributed by atoms with Crippen molar-refractivity contribution in [1.29, 1.82) is 0 Å². The van der Waals surface area contributed by atoms with Crippen LogP contribution in [0.15, 0.2) is 42.7 Å². The molecule has 2 heterocycles. The zero-order valence-corrected chi connectivity index (χ0v) is 12.2. The Hall–Kier alpha value is -3.23. The molecule has 9 heteroatoms. The Morgan fingerprint density at radius 3 is 2.67 bits per heavy atom. The van der Waals surface area contributed by atoms with Crippen LogP contribution in [0, 0.1) is 17.5 Å². The Morgan fingerprint density at radius 1 is 1.00 bits per heavy atom. The Kier molecular flexibility index (Phi) is 4.50. The maximum absolute atomic E-state index is 13.7. The number of rotatable bonds is 5. The normalized spacial score (nSPS) is 10.5. The van der Waals surface area contributed by atoms with Gasteiger partial charge in [-0.25, -0.2) is 13.2 Å². The second-order valence-corrected chi connectivity index (χ2v) is 4.69. The van der Waals surface area contributed by atoms with E-state index in [2.05, 4.69) is 30.8 Å². The van der Waals surface area contributed by atoms with Crippen LogP contribution in [0.1, 0.15) is 5.69 Å². The lowest BCUT2D eigenvalue weighted by molar-refractivity contribution is 0.449. The number of nitrogens with one attached hydrogen (secondary N) is 2. The van der Waals surface area contributed by atoms with E-state index in [1.54, 1.807) is 12.3 Å². The van der Waals surface area contributed by atoms with Gasteiger partial charge in [0.15, 0.2) is 23.3 Å². The van der Waals surface area contributed by atoms with Gasteiger partial charge in [-0.1, -0.05) is 6.07 Å². The molecule has 0 atom stereocenters. The summed E-state index contributed by atoms with van der Waals surface area (Å²) in [5, 5.41) is 12.9. The Labute approximate surface area is 134 Å². The van der Waals surface area contributed by atoms with Gasteiger partial charge in [0.1, 0.15) is 0 Å². The summed E-state index contributed by atoms with van der Waals surface area (Å²) in [5.41, 5.74) is 0.510. The topological polar surface area (TPSA) is 75.6 Å². The smallest absolute Gasteiger partial charge is 0.245 e. The van der Waals surface area contributed by atoms with Gasteiger partial charge in [-0.05, 0) is 24.3 Å². The van der Waals surface area contributed by atoms with Crippen molar-refractivity contribution in [1.82, 2.24) is 20.2 Å². The van der Waals surface area contributed by atoms with Gasteiger partial charge in [0, 0.05) is 6.20 Å². The van der Waals surface area contributed by atoms with Crippen LogP contribution in [-0.2, 0) is 6.54 Å². The maximum Gasteiger partial charge on any atom is 0.245 e. The zero-order valence-electron chi connectivity index (χ0n) is 12.2. The third-order valence-electron chi connectivity index (χ3n) is 3.01. The van der Waals surface area contributed by atoms with Crippen LogP contribution in [-0.4, -0.2) is 20.2 Å². The van der Waals surface area contributed by atoms with E-state index < -0.39 is 17.5 Å². The molecule has 3 aromatic rings. The second-order valence-electron chi connectivity index (χ2n) is 4.69. The van der Waals surface area contributed by atoms with Gasteiger partial charge in [0.05, 0.1) is 24.1 Å². The minimum absolute atomic E-state index is 0.124. The molecular weight excluding hydrogens is 321 g/mol. The van der Waals surface area contributed by atoms with Crippen molar-refractivity contribution < 1.29 is 13.2 Å². The largest absolute Gasteiger partial charge is 0.347 e. The summed E-state index contributed by atoms with van der Waals surface area (Å²) in [7, 11) is 0. The average molecular weight is 332 g/mol. The third-order valence-corrected chi connectivity index (χ3v) is 3.01. The zero-order chi connectivity index (χ0) is 16.9. The summed E-state index contributed by atoms with van der Waals surface area (Å²) >= 11 is 0. The standard InChI is InChI=1S/C15H11F3N6/c16-10-4-5-11(14(18)13(10)17)22-12-8-21-24-15(23-12)20-7-9-3-1-2-6-19-9/h1-6,8H,7H2,(H2,20,22,23,24). The minimum atomic E-state index is -1.56. The van der Waals surface area contributed by atoms with Crippen LogP contribution >= 0.6 is 0 Å². The van der Waals surface area contributed by atoms with Crippen LogP contribution in [0.3, 0.4) is 0 Å². The summed E-state index contributed by atoms with van der Waals surface area (Å²) < 4.78 is 39.8. The molecule has 2 N–H and O–H groups in total. The Balaban J connectivity index is 1.73. The first kappa shape index (κ1) is 15.7. The molecular formula is C15H11F3N6. The van der Waals surface area contributed by atoms with Crippen molar-refractivity contribution in [2.45, 2.75) is 6.54 Å². The van der Waals surface area contributed by atoms with Crippen LogP contribution in [0.4, 0.5) is 30.6 Å². The summed E-state index contributed by atoms with van der Waals surface area (Å²) in [4.78, 5) is 8.20. The van der Waals surface area contributed by atoms with Gasteiger partial charge < -0.3 is 10.6 Å². The average Bonchev–Trinajstić information content (AvgIpc) is 2.62. The molecule has 0 saturated carbocycles. The van der Waals surface area contributed by atoms with Gasteiger partial charge in [0.25, 0.3) is 0 Å². The molecule has 2 aromatic heterocycles. The first-order chi connectivity index (χ1) is 11.6. The highest BCUT2D eigenvalue weighted by Crippen LogP contribution is 2.22. The van der Waals surface area contributed by atoms with E-state index in [0.29, 0.717) is 6.54 Å². The van der Waals surface area contributed by atoms with Gasteiger partial charge >= 0.3 is 0 Å². The molecule has 0 spiro atoms. The van der Waals surface area contributed by atoms with Gasteiger partial charge in [0.2, 0.25) is 5.95 Å². The van der Waals surface area contributed by atoms with Crippen molar-refractivity contribution in [2.75, 3.05) is 10.6 Å². The molecule has 122 valence electrons. The molecule has 0 amide bonds. The van der Waals surface area contributed by atoms with E-state index in [1.807, 2.05) is 12.1 Å². The maximum atomic E-state index is 13.7. The first-order valence-corrected chi connectivity index (χ1v) is 6.87. The molecule has 1 aromatic carbocycles. The number of halogens is 3. The monoisotopic (exact) mass is 332 g/mol. The van der Waals surface area contributed by atoms with E-state index in [9.17, 15) is 13.2 Å². The highest BCUT2D eigenvalue weighted by atomic mass is 19.2. The highest BCUT2D eigenvalue weighted by molar-refractivity contribution is 5.57. The van der Waals surface area contributed by atoms with Crippen LogP contribution < -0.4 is 10.6 Å². The molecule has 0 bridgehead atoms. The number of nitrogens with zero attached hydrogens (tertiary/aromatic N) is 4. The second kappa shape index (κ2) is 6.90. The van der Waals surface area contributed by atoms with E-state index in [4.69, 9.17) is 0 Å². The molecule has 24 heavy (non-hydrogen) atoms. The van der Waals surface area contributed by atoms with Crippen LogP contribution in [0.25, 0.3) is 0 Å². The number of hydrogen-bond acceptors (Lipinski definition) is 6. The van der Waals surface area contributed by atoms with Crippen molar-refractivity contribution in [3.8, 4) is 0 Å². The van der Waals surface area contributed by atoms with Crippen LogP contribution in [0.2, 0.25) is 0 Å². The van der Waals surface area contributed by atoms with E-state index in [1.165, 1.54) is 6.20 Å². The van der Waals surface area contributed by atoms with Crippen molar-refractivity contribution in [3.05, 3.63) is 65.9 Å². The number of aromatic nitrogens is 4. The van der Waals surface area contributed by atoms with E-state index in [0.717, 1.165) is 17.8 Å². The number of anilines is 3. The summed E-state index contributed by atoms with van der Waals surface area (Å²) in [5.74, 6) is -3.87. The fourth-order valence-electron chi connectivity index (χ4n) is 1.87. The van der Waals surface area contributed by atoms with Gasteiger partial charge in [-0.15, -0.1) is 5.10 Å². The Bertz CT molecular complexity index is 844. The fourth-order valence-corrected chi connectivity index (χ4v) is 1.87. The number of benzene rings is 1. The molecule has 0 unspecified atom stereocenters. The summed E-state index contributed by atoms with van der Waals surface area (Å²) in [6.45, 7) is 0.367. The van der Waals surface area contributed by atoms with Crippen molar-refractivity contribution in [3.63, 3.8) is 0 Å². The molecule has 0 saturated heterocycles. The Morgan fingerprint density at radius 2 is 1.88 bits per heavy atom. The summed E-state index contributed by atoms with van der Waals surface area (Å²) in [6, 6.07) is 7.33. The predicted molar refractivity (Wildman–Crippen MR) is 81.0 cm³/mol. The third kappa shape index (κ3) is 3.57. The van der Waals surface area contributed by atoms with Crippen molar-refractivity contribution >= 4 is 17.5 Å². The molecule has 0 radical (unpaired) electrons. The molecule has 0 aliphatic heterocycles. The molecule has 3 rings (SSSR count). The number of hydrogen-bond donors (Lipinski definition) is 2. The lowest BCUT2D eigenvalue weighted by Crippen LogP contribution is -2.08. The lowest BCUT2D eigenvalue weighted by Gasteiger charge is -2.09. The minimum Gasteiger partial charge on any atom is -0.347 e. The van der Waals surface area contributed by atoms with Crippen molar-refractivity contribution in [2.24, 2.45) is 0 Å². The molecule has 6 nitrogen and oxygen atoms in total. The first-order valence-electron chi connectivity index (χ1n) is 6.87. The van der Waals surface area contributed by atoms with E-state index in [-0.39, 0.29) is 17.5 Å². The SMILES string of the molecule is Fc1ccc(Nc2cnnc(NCc3ccccn3)n2)c(F)c1F. The molecule has 0 aliphatic rings. The highest BCUT2D eigenvalue weighted by Gasteiger charge is 2.14. The lowest BCUT2D eigenvalue weighted by atomic mass is 10.3. The van der Waals surface area contributed by atoms with Gasteiger partial charge in [-0.3, -0.25) is 4.98 Å². The number of pyridine rings is 1. The predicted octanol–water partition coefficient (Wildman–Crippen LogP) is 3.04. The quantitative estimate of drug-likeness (QED) is 0.700. The fraction of sp³-hybridized carbons (Fsp3) is 0.0667. The summed E-state index contributed by atoms with van der Waals surface area (Å²) in [6.07, 6.45) is 2.88. The molecule has 0 aliphatic carbocycles.